The number of halogens is 4. The van der Waals surface area contributed by atoms with Crippen LogP contribution in [-0.4, -0.2) is 9.55 Å². The Morgan fingerprint density at radius 3 is 2.50 bits per heavy atom. The van der Waals surface area contributed by atoms with Crippen LogP contribution in [0.25, 0.3) is 16.7 Å². The molecule has 1 heterocycles. The van der Waals surface area contributed by atoms with E-state index >= 15 is 0 Å². The standard InChI is InChI=1S/C13H6BrCl2FN2S/c14-6-4-11-10(5-9(6)17)18-13(20)19(11)12-7(15)2-1-3-8(12)16/h1-5H,(H,18,20). The smallest absolute Gasteiger partial charge is 0.182 e. The van der Waals surface area contributed by atoms with Gasteiger partial charge in [-0.1, -0.05) is 29.3 Å². The lowest BCUT2D eigenvalue weighted by molar-refractivity contribution is 0.623. The molecule has 0 aliphatic rings. The Hall–Kier alpha value is -0.880. The second-order valence-corrected chi connectivity index (χ2v) is 6.17. The van der Waals surface area contributed by atoms with E-state index in [9.17, 15) is 4.39 Å². The molecule has 0 radical (unpaired) electrons. The zero-order chi connectivity index (χ0) is 14.4. The minimum absolute atomic E-state index is 0.343. The summed E-state index contributed by atoms with van der Waals surface area (Å²) in [5, 5.41) is 0.935. The first-order chi connectivity index (χ1) is 9.49. The first kappa shape index (κ1) is 14.1. The van der Waals surface area contributed by atoms with Crippen LogP contribution in [0, 0.1) is 10.6 Å². The summed E-state index contributed by atoms with van der Waals surface area (Å²) in [7, 11) is 0. The number of nitrogens with one attached hydrogen (secondary N) is 1. The molecule has 0 saturated heterocycles. The van der Waals surface area contributed by atoms with Crippen molar-refractivity contribution in [3.8, 4) is 5.69 Å². The number of imidazole rings is 1. The summed E-state index contributed by atoms with van der Waals surface area (Å²) in [4.78, 5) is 2.95. The molecule has 1 aromatic heterocycles. The second kappa shape index (κ2) is 5.15. The molecule has 7 heteroatoms. The lowest BCUT2D eigenvalue weighted by Gasteiger charge is -2.09. The van der Waals surface area contributed by atoms with Gasteiger partial charge in [0.1, 0.15) is 5.82 Å². The summed E-state index contributed by atoms with van der Waals surface area (Å²) in [5.74, 6) is -0.369. The fourth-order valence-corrected chi connectivity index (χ4v) is 3.22. The highest BCUT2D eigenvalue weighted by Crippen LogP contribution is 2.33. The van der Waals surface area contributed by atoms with Gasteiger partial charge in [0.25, 0.3) is 0 Å². The van der Waals surface area contributed by atoms with Crippen LogP contribution in [0.5, 0.6) is 0 Å². The van der Waals surface area contributed by atoms with E-state index in [4.69, 9.17) is 35.4 Å². The van der Waals surface area contributed by atoms with E-state index in [2.05, 4.69) is 20.9 Å². The van der Waals surface area contributed by atoms with Crippen LogP contribution < -0.4 is 0 Å². The normalized spacial score (nSPS) is 11.2. The van der Waals surface area contributed by atoms with E-state index in [1.165, 1.54) is 6.07 Å². The lowest BCUT2D eigenvalue weighted by atomic mass is 10.2. The molecule has 0 atom stereocenters. The van der Waals surface area contributed by atoms with E-state index in [-0.39, 0.29) is 5.82 Å². The predicted molar refractivity (Wildman–Crippen MR) is 86.1 cm³/mol. The molecule has 3 aromatic rings. The van der Waals surface area contributed by atoms with Gasteiger partial charge >= 0.3 is 0 Å². The Balaban J connectivity index is 2.46. The fourth-order valence-electron chi connectivity index (χ4n) is 2.03. The summed E-state index contributed by atoms with van der Waals surface area (Å²) >= 11 is 20.9. The predicted octanol–water partition coefficient (Wildman–Crippen LogP) is 5.90. The van der Waals surface area contributed by atoms with Crippen LogP contribution >= 0.6 is 51.3 Å². The Morgan fingerprint density at radius 1 is 1.20 bits per heavy atom. The van der Waals surface area contributed by atoms with E-state index in [1.807, 2.05) is 0 Å². The third kappa shape index (κ3) is 2.19. The first-order valence-electron chi connectivity index (χ1n) is 5.53. The minimum Gasteiger partial charge on any atom is -0.330 e. The van der Waals surface area contributed by atoms with Crippen molar-refractivity contribution in [3.63, 3.8) is 0 Å². The topological polar surface area (TPSA) is 20.7 Å². The molecule has 2 nitrogen and oxygen atoms in total. The van der Waals surface area contributed by atoms with Crippen LogP contribution in [0.4, 0.5) is 4.39 Å². The molecule has 0 unspecified atom stereocenters. The average Bonchev–Trinajstić information content (AvgIpc) is 2.67. The number of benzene rings is 2. The van der Waals surface area contributed by atoms with Crippen molar-refractivity contribution in [2.75, 3.05) is 0 Å². The number of hydrogen-bond donors (Lipinski definition) is 1. The van der Waals surface area contributed by atoms with Crippen LogP contribution in [-0.2, 0) is 0 Å². The maximum atomic E-state index is 13.6. The summed E-state index contributed by atoms with van der Waals surface area (Å²) in [5.41, 5.74) is 1.84. The summed E-state index contributed by atoms with van der Waals surface area (Å²) in [6.07, 6.45) is 0. The molecular formula is C13H6BrCl2FN2S. The number of aromatic nitrogens is 2. The zero-order valence-electron chi connectivity index (χ0n) is 9.75. The molecule has 3 rings (SSSR count). The van der Waals surface area contributed by atoms with Gasteiger partial charge in [-0.3, -0.25) is 4.57 Å². The Labute approximate surface area is 137 Å². The van der Waals surface area contributed by atoms with Crippen molar-refractivity contribution < 1.29 is 4.39 Å². The van der Waals surface area contributed by atoms with Crippen molar-refractivity contribution in [1.29, 1.82) is 0 Å². The minimum atomic E-state index is -0.369. The van der Waals surface area contributed by atoms with E-state index in [0.717, 1.165) is 0 Å². The molecular weight excluding hydrogens is 386 g/mol. The molecule has 0 bridgehead atoms. The third-order valence-corrected chi connectivity index (χ3v) is 4.39. The van der Waals surface area contributed by atoms with E-state index in [0.29, 0.717) is 36.0 Å². The van der Waals surface area contributed by atoms with Gasteiger partial charge in [-0.05, 0) is 46.3 Å². The SMILES string of the molecule is Fc1cc2[nH]c(=S)n(-c3c(Cl)cccc3Cl)c2cc1Br. The fraction of sp³-hybridized carbons (Fsp3) is 0. The molecule has 0 spiro atoms. The van der Waals surface area contributed by atoms with Crippen molar-refractivity contribution >= 4 is 62.4 Å². The summed E-state index contributed by atoms with van der Waals surface area (Å²) in [6, 6.07) is 8.21. The average molecular weight is 392 g/mol. The Bertz CT molecular complexity index is 868. The molecule has 2 aromatic carbocycles. The number of H-pyrrole nitrogens is 1. The van der Waals surface area contributed by atoms with Gasteiger partial charge in [0.15, 0.2) is 4.77 Å². The number of aromatic amines is 1. The van der Waals surface area contributed by atoms with Gasteiger partial charge in [0, 0.05) is 6.07 Å². The largest absolute Gasteiger partial charge is 0.330 e. The number of nitrogens with zero attached hydrogens (tertiary/aromatic N) is 1. The maximum Gasteiger partial charge on any atom is 0.182 e. The lowest BCUT2D eigenvalue weighted by Crippen LogP contribution is -1.96. The summed E-state index contributed by atoms with van der Waals surface area (Å²) < 4.78 is 16.0. The molecule has 1 N–H and O–H groups in total. The van der Waals surface area contributed by atoms with Crippen LogP contribution in [0.3, 0.4) is 0 Å². The van der Waals surface area contributed by atoms with E-state index in [1.54, 1.807) is 28.8 Å². The highest BCUT2D eigenvalue weighted by molar-refractivity contribution is 9.10. The van der Waals surface area contributed by atoms with Gasteiger partial charge in [0.05, 0.1) is 31.2 Å². The molecule has 0 fully saturated rings. The molecule has 102 valence electrons. The van der Waals surface area contributed by atoms with Crippen LogP contribution in [0.2, 0.25) is 10.0 Å². The third-order valence-electron chi connectivity index (χ3n) is 2.89. The quantitative estimate of drug-likeness (QED) is 0.512. The summed E-state index contributed by atoms with van der Waals surface area (Å²) in [6.45, 7) is 0. The maximum absolute atomic E-state index is 13.6. The monoisotopic (exact) mass is 390 g/mol. The molecule has 0 saturated carbocycles. The van der Waals surface area contributed by atoms with Gasteiger partial charge in [0.2, 0.25) is 0 Å². The second-order valence-electron chi connectivity index (χ2n) is 4.12. The van der Waals surface area contributed by atoms with Crippen molar-refractivity contribution in [3.05, 3.63) is 55.4 Å². The van der Waals surface area contributed by atoms with Crippen LogP contribution in [0.15, 0.2) is 34.8 Å². The van der Waals surface area contributed by atoms with Gasteiger partial charge in [-0.2, -0.15) is 0 Å². The van der Waals surface area contributed by atoms with Crippen molar-refractivity contribution in [1.82, 2.24) is 9.55 Å². The van der Waals surface area contributed by atoms with Crippen LogP contribution in [0.1, 0.15) is 0 Å². The molecule has 0 aliphatic heterocycles. The molecule has 20 heavy (non-hydrogen) atoms. The number of para-hydroxylation sites is 1. The molecule has 0 amide bonds. The van der Waals surface area contributed by atoms with Crippen molar-refractivity contribution in [2.45, 2.75) is 0 Å². The number of rotatable bonds is 1. The Kier molecular flexibility index (Phi) is 3.62. The van der Waals surface area contributed by atoms with Gasteiger partial charge in [-0.25, -0.2) is 4.39 Å². The zero-order valence-corrected chi connectivity index (χ0v) is 13.7. The molecule has 0 aliphatic carbocycles. The highest BCUT2D eigenvalue weighted by Gasteiger charge is 2.14. The first-order valence-corrected chi connectivity index (χ1v) is 7.49. The van der Waals surface area contributed by atoms with Crippen molar-refractivity contribution in [2.24, 2.45) is 0 Å². The number of hydrogen-bond acceptors (Lipinski definition) is 1. The number of fused-ring (bicyclic) bond motifs is 1. The van der Waals surface area contributed by atoms with Gasteiger partial charge in [-0.15, -0.1) is 0 Å². The van der Waals surface area contributed by atoms with Gasteiger partial charge < -0.3 is 4.98 Å². The van der Waals surface area contributed by atoms with E-state index < -0.39 is 0 Å². The Morgan fingerprint density at radius 2 is 1.85 bits per heavy atom. The highest BCUT2D eigenvalue weighted by atomic mass is 79.9.